The van der Waals surface area contributed by atoms with Crippen LogP contribution in [-0.4, -0.2) is 13.4 Å². The average Bonchev–Trinajstić information content (AvgIpc) is 2.03. The van der Waals surface area contributed by atoms with E-state index in [0.717, 1.165) is 5.56 Å². The Morgan fingerprint density at radius 2 is 2.36 bits per heavy atom. The van der Waals surface area contributed by atoms with Crippen LogP contribution in [0.2, 0.25) is 0 Å². The van der Waals surface area contributed by atoms with E-state index < -0.39 is 10.9 Å². The van der Waals surface area contributed by atoms with E-state index in [2.05, 4.69) is 9.71 Å². The highest BCUT2D eigenvalue weighted by Gasteiger charge is 1.89. The summed E-state index contributed by atoms with van der Waals surface area (Å²) in [6.45, 7) is 0.312. The molecule has 4 nitrogen and oxygen atoms in total. The molecule has 0 aromatic carbocycles. The summed E-state index contributed by atoms with van der Waals surface area (Å²) in [6.07, 6.45) is 3.26. The molecule has 0 aliphatic carbocycles. The van der Waals surface area contributed by atoms with E-state index in [1.165, 1.54) is 0 Å². The summed E-state index contributed by atoms with van der Waals surface area (Å²) < 4.78 is 22.4. The summed E-state index contributed by atoms with van der Waals surface area (Å²) in [5.74, 6) is 0. The van der Waals surface area contributed by atoms with E-state index in [1.807, 2.05) is 0 Å². The molecule has 0 spiro atoms. The highest BCUT2D eigenvalue weighted by Crippen LogP contribution is 1.93. The topological polar surface area (TPSA) is 59.1 Å². The van der Waals surface area contributed by atoms with Gasteiger partial charge < -0.3 is 0 Å². The molecule has 1 N–H and O–H groups in total. The van der Waals surface area contributed by atoms with Crippen molar-refractivity contribution in [3.05, 3.63) is 30.1 Å². The van der Waals surface area contributed by atoms with Crippen LogP contribution in [0.3, 0.4) is 0 Å². The smallest absolute Gasteiger partial charge is 0.201 e. The SMILES string of the molecule is O=[SH](=O)NCc1cccnc1. The van der Waals surface area contributed by atoms with Crippen molar-refractivity contribution < 1.29 is 8.42 Å². The standard InChI is InChI=1S/C6H8N2O2S/c9-11(10)8-5-6-2-1-3-7-4-6/h1-4,11H,5H2,(H,8,9,10). The zero-order valence-corrected chi connectivity index (χ0v) is 6.62. The molecule has 0 unspecified atom stereocenters. The van der Waals surface area contributed by atoms with Gasteiger partial charge in [-0.15, -0.1) is 0 Å². The van der Waals surface area contributed by atoms with Crippen LogP contribution in [0.5, 0.6) is 0 Å². The number of hydrogen-bond donors (Lipinski definition) is 2. The Bertz CT molecular complexity index is 276. The molecule has 1 aromatic heterocycles. The molecule has 60 valence electrons. The Balaban J connectivity index is 2.52. The largest absolute Gasteiger partial charge is 0.264 e. The molecule has 0 bridgehead atoms. The molecule has 1 aromatic rings. The summed E-state index contributed by atoms with van der Waals surface area (Å²) >= 11 is 0. The van der Waals surface area contributed by atoms with Gasteiger partial charge in [-0.2, -0.15) is 0 Å². The Labute approximate surface area is 66.4 Å². The Kier molecular flexibility index (Phi) is 3.00. The van der Waals surface area contributed by atoms with Gasteiger partial charge in [0, 0.05) is 18.9 Å². The molecule has 0 fully saturated rings. The number of thiol groups is 1. The van der Waals surface area contributed by atoms with E-state index >= 15 is 0 Å². The van der Waals surface area contributed by atoms with Crippen molar-refractivity contribution >= 4 is 10.9 Å². The molecule has 0 atom stereocenters. The first-order chi connectivity index (χ1) is 5.29. The van der Waals surface area contributed by atoms with Crippen molar-refractivity contribution in [1.29, 1.82) is 0 Å². The minimum absolute atomic E-state index is 0.312. The van der Waals surface area contributed by atoms with Gasteiger partial charge in [-0.05, 0) is 11.6 Å². The van der Waals surface area contributed by atoms with Crippen LogP contribution in [0, 0.1) is 0 Å². The van der Waals surface area contributed by atoms with Gasteiger partial charge in [0.15, 0.2) is 0 Å². The predicted octanol–water partition coefficient (Wildman–Crippen LogP) is -0.302. The number of aromatic nitrogens is 1. The van der Waals surface area contributed by atoms with Gasteiger partial charge in [0.2, 0.25) is 10.9 Å². The molecular weight excluding hydrogens is 164 g/mol. The zero-order valence-electron chi connectivity index (χ0n) is 5.73. The summed E-state index contributed by atoms with van der Waals surface area (Å²) in [5, 5.41) is 0. The summed E-state index contributed by atoms with van der Waals surface area (Å²) in [4.78, 5) is 3.83. The fourth-order valence-electron chi connectivity index (χ4n) is 0.659. The minimum Gasteiger partial charge on any atom is -0.264 e. The molecule has 1 heterocycles. The number of hydrogen-bond acceptors (Lipinski definition) is 3. The maximum Gasteiger partial charge on any atom is 0.201 e. The fraction of sp³-hybridized carbons (Fsp3) is 0.167. The molecule has 0 aliphatic rings. The third-order valence-corrected chi connectivity index (χ3v) is 1.55. The second-order valence-corrected chi connectivity index (χ2v) is 2.78. The van der Waals surface area contributed by atoms with Crippen LogP contribution in [-0.2, 0) is 17.4 Å². The highest BCUT2D eigenvalue weighted by atomic mass is 32.2. The maximum absolute atomic E-state index is 10.1. The lowest BCUT2D eigenvalue weighted by atomic mass is 10.3. The van der Waals surface area contributed by atoms with Gasteiger partial charge in [-0.3, -0.25) is 4.98 Å². The van der Waals surface area contributed by atoms with E-state index in [1.54, 1.807) is 24.5 Å². The summed E-state index contributed by atoms with van der Waals surface area (Å²) in [5.41, 5.74) is 0.853. The molecule has 0 radical (unpaired) electrons. The van der Waals surface area contributed by atoms with Crippen LogP contribution in [0.4, 0.5) is 0 Å². The summed E-state index contributed by atoms with van der Waals surface area (Å²) in [6, 6.07) is 3.56. The molecule has 0 aliphatic heterocycles. The van der Waals surface area contributed by atoms with E-state index in [0.29, 0.717) is 6.54 Å². The Hall–Kier alpha value is -0.940. The number of rotatable bonds is 3. The predicted molar refractivity (Wildman–Crippen MR) is 41.4 cm³/mol. The van der Waals surface area contributed by atoms with Crippen LogP contribution in [0.1, 0.15) is 5.56 Å². The molecule has 1 rings (SSSR count). The minimum atomic E-state index is -2.50. The first-order valence-corrected chi connectivity index (χ1v) is 4.23. The molecule has 0 saturated heterocycles. The molecule has 0 saturated carbocycles. The second-order valence-electron chi connectivity index (χ2n) is 1.95. The number of nitrogens with zero attached hydrogens (tertiary/aromatic N) is 1. The van der Waals surface area contributed by atoms with Crippen molar-refractivity contribution in [2.24, 2.45) is 0 Å². The van der Waals surface area contributed by atoms with Crippen molar-refractivity contribution in [2.45, 2.75) is 6.54 Å². The maximum atomic E-state index is 10.1. The summed E-state index contributed by atoms with van der Waals surface area (Å²) in [7, 11) is -2.50. The van der Waals surface area contributed by atoms with Crippen LogP contribution in [0.15, 0.2) is 24.5 Å². The third-order valence-electron chi connectivity index (χ3n) is 1.14. The van der Waals surface area contributed by atoms with E-state index in [-0.39, 0.29) is 0 Å². The second kappa shape index (κ2) is 4.05. The van der Waals surface area contributed by atoms with Gasteiger partial charge in [-0.25, -0.2) is 13.1 Å². The van der Waals surface area contributed by atoms with Gasteiger partial charge in [-0.1, -0.05) is 6.07 Å². The normalized spacial score (nSPS) is 10.3. The molecule has 11 heavy (non-hydrogen) atoms. The first kappa shape index (κ1) is 8.16. The lowest BCUT2D eigenvalue weighted by Gasteiger charge is -1.95. The van der Waals surface area contributed by atoms with Crippen LogP contribution < -0.4 is 4.72 Å². The molecule has 5 heteroatoms. The molecule has 0 amide bonds. The van der Waals surface area contributed by atoms with E-state index in [9.17, 15) is 8.42 Å². The van der Waals surface area contributed by atoms with Crippen LogP contribution in [0.25, 0.3) is 0 Å². The van der Waals surface area contributed by atoms with Crippen molar-refractivity contribution in [2.75, 3.05) is 0 Å². The fourth-order valence-corrected chi connectivity index (χ4v) is 0.970. The van der Waals surface area contributed by atoms with Crippen LogP contribution >= 0.6 is 0 Å². The monoisotopic (exact) mass is 172 g/mol. The number of nitrogens with one attached hydrogen (secondary N) is 1. The van der Waals surface area contributed by atoms with Crippen molar-refractivity contribution in [3.63, 3.8) is 0 Å². The zero-order chi connectivity index (χ0) is 8.10. The average molecular weight is 172 g/mol. The van der Waals surface area contributed by atoms with Crippen molar-refractivity contribution in [3.8, 4) is 0 Å². The highest BCUT2D eigenvalue weighted by molar-refractivity contribution is 7.70. The van der Waals surface area contributed by atoms with Gasteiger partial charge >= 0.3 is 0 Å². The van der Waals surface area contributed by atoms with Crippen molar-refractivity contribution in [1.82, 2.24) is 9.71 Å². The Morgan fingerprint density at radius 3 is 2.91 bits per heavy atom. The Morgan fingerprint density at radius 1 is 1.55 bits per heavy atom. The third kappa shape index (κ3) is 3.10. The van der Waals surface area contributed by atoms with E-state index in [4.69, 9.17) is 0 Å². The lowest BCUT2D eigenvalue weighted by Crippen LogP contribution is -2.09. The van der Waals surface area contributed by atoms with Gasteiger partial charge in [0.1, 0.15) is 0 Å². The molecular formula is C6H8N2O2S. The quantitative estimate of drug-likeness (QED) is 0.615. The van der Waals surface area contributed by atoms with Gasteiger partial charge in [0.05, 0.1) is 0 Å². The first-order valence-electron chi connectivity index (χ1n) is 3.06. The number of pyridine rings is 1. The lowest BCUT2D eigenvalue weighted by molar-refractivity contribution is 0.601. The van der Waals surface area contributed by atoms with Gasteiger partial charge in [0.25, 0.3) is 0 Å².